The fourth-order valence-corrected chi connectivity index (χ4v) is 2.39. The van der Waals surface area contributed by atoms with Crippen molar-refractivity contribution in [3.05, 3.63) is 0 Å². The topological polar surface area (TPSA) is 21.3 Å². The zero-order valence-corrected chi connectivity index (χ0v) is 9.72. The number of methoxy groups -OCH3 is 1. The van der Waals surface area contributed by atoms with Gasteiger partial charge in [0.1, 0.15) is 0 Å². The number of ether oxygens (including phenoxy) is 1. The first-order valence-electron chi connectivity index (χ1n) is 6.02. The van der Waals surface area contributed by atoms with E-state index in [-0.39, 0.29) is 0 Å². The minimum atomic E-state index is 0.883. The molecular weight excluding hydrogens is 174 g/mol. The molecule has 14 heavy (non-hydrogen) atoms. The standard InChI is InChI=1S/C12H25NO/c1-11-5-3-6-12(9-11)10-13-7-4-8-14-2/h11-13H,3-10H2,1-2H3. The predicted octanol–water partition coefficient (Wildman–Crippen LogP) is 2.44. The van der Waals surface area contributed by atoms with Gasteiger partial charge in [0.15, 0.2) is 0 Å². The first kappa shape index (κ1) is 12.0. The van der Waals surface area contributed by atoms with Gasteiger partial charge in [0.2, 0.25) is 0 Å². The number of hydrogen-bond donors (Lipinski definition) is 1. The number of rotatable bonds is 6. The molecule has 0 aromatic heterocycles. The molecule has 0 heterocycles. The summed E-state index contributed by atoms with van der Waals surface area (Å²) in [7, 11) is 1.77. The molecule has 0 spiro atoms. The molecule has 0 amide bonds. The van der Waals surface area contributed by atoms with Crippen LogP contribution < -0.4 is 5.32 Å². The Morgan fingerprint density at radius 1 is 1.36 bits per heavy atom. The lowest BCUT2D eigenvalue weighted by Crippen LogP contribution is -2.27. The van der Waals surface area contributed by atoms with Crippen molar-refractivity contribution >= 4 is 0 Å². The van der Waals surface area contributed by atoms with Crippen LogP contribution in [0, 0.1) is 11.8 Å². The highest BCUT2D eigenvalue weighted by molar-refractivity contribution is 4.72. The van der Waals surface area contributed by atoms with Crippen LogP contribution in [0.3, 0.4) is 0 Å². The Kier molecular flexibility index (Phi) is 6.20. The third kappa shape index (κ3) is 4.97. The largest absolute Gasteiger partial charge is 0.385 e. The van der Waals surface area contributed by atoms with E-state index < -0.39 is 0 Å². The Morgan fingerprint density at radius 2 is 2.21 bits per heavy atom. The van der Waals surface area contributed by atoms with Crippen LogP contribution in [0.2, 0.25) is 0 Å². The molecule has 2 unspecified atom stereocenters. The zero-order valence-electron chi connectivity index (χ0n) is 9.72. The van der Waals surface area contributed by atoms with Crippen molar-refractivity contribution in [2.24, 2.45) is 11.8 Å². The van der Waals surface area contributed by atoms with Crippen LogP contribution in [0.4, 0.5) is 0 Å². The second kappa shape index (κ2) is 7.24. The van der Waals surface area contributed by atoms with Gasteiger partial charge < -0.3 is 10.1 Å². The van der Waals surface area contributed by atoms with E-state index in [0.717, 1.165) is 31.4 Å². The highest BCUT2D eigenvalue weighted by Crippen LogP contribution is 2.27. The fraction of sp³-hybridized carbons (Fsp3) is 1.00. The Morgan fingerprint density at radius 3 is 2.93 bits per heavy atom. The Hall–Kier alpha value is -0.0800. The third-order valence-electron chi connectivity index (χ3n) is 3.18. The zero-order chi connectivity index (χ0) is 10.2. The molecule has 1 saturated carbocycles. The van der Waals surface area contributed by atoms with E-state index >= 15 is 0 Å². The maximum absolute atomic E-state index is 5.01. The van der Waals surface area contributed by atoms with E-state index in [4.69, 9.17) is 4.74 Å². The summed E-state index contributed by atoms with van der Waals surface area (Å²) in [6.07, 6.45) is 6.88. The van der Waals surface area contributed by atoms with Crippen LogP contribution >= 0.6 is 0 Å². The summed E-state index contributed by atoms with van der Waals surface area (Å²) < 4.78 is 5.01. The molecule has 84 valence electrons. The quantitative estimate of drug-likeness (QED) is 0.663. The molecule has 2 atom stereocenters. The van der Waals surface area contributed by atoms with E-state index in [1.165, 1.54) is 32.2 Å². The van der Waals surface area contributed by atoms with Gasteiger partial charge in [0.05, 0.1) is 0 Å². The van der Waals surface area contributed by atoms with Gasteiger partial charge in [0, 0.05) is 13.7 Å². The molecule has 1 aliphatic carbocycles. The molecular formula is C12H25NO. The Balaban J connectivity index is 1.95. The smallest absolute Gasteiger partial charge is 0.0474 e. The van der Waals surface area contributed by atoms with Crippen molar-refractivity contribution in [1.82, 2.24) is 5.32 Å². The van der Waals surface area contributed by atoms with E-state index in [2.05, 4.69) is 12.2 Å². The van der Waals surface area contributed by atoms with E-state index in [9.17, 15) is 0 Å². The molecule has 2 heteroatoms. The monoisotopic (exact) mass is 199 g/mol. The van der Waals surface area contributed by atoms with Gasteiger partial charge in [-0.2, -0.15) is 0 Å². The van der Waals surface area contributed by atoms with Gasteiger partial charge in [-0.05, 0) is 44.2 Å². The van der Waals surface area contributed by atoms with Gasteiger partial charge in [-0.25, -0.2) is 0 Å². The van der Waals surface area contributed by atoms with Crippen molar-refractivity contribution in [1.29, 1.82) is 0 Å². The minimum absolute atomic E-state index is 0.883. The third-order valence-corrected chi connectivity index (χ3v) is 3.18. The van der Waals surface area contributed by atoms with Crippen molar-refractivity contribution in [3.8, 4) is 0 Å². The average molecular weight is 199 g/mol. The van der Waals surface area contributed by atoms with E-state index in [1.807, 2.05) is 0 Å². The molecule has 1 fully saturated rings. The lowest BCUT2D eigenvalue weighted by atomic mass is 9.82. The summed E-state index contributed by atoms with van der Waals surface area (Å²) in [5.74, 6) is 1.89. The second-order valence-corrected chi connectivity index (χ2v) is 4.69. The molecule has 0 aliphatic heterocycles. The van der Waals surface area contributed by atoms with Crippen molar-refractivity contribution in [3.63, 3.8) is 0 Å². The molecule has 1 aliphatic rings. The SMILES string of the molecule is COCCCNCC1CCCC(C)C1. The normalized spacial score (nSPS) is 27.9. The molecule has 0 radical (unpaired) electrons. The Labute approximate surface area is 88.4 Å². The van der Waals surface area contributed by atoms with Gasteiger partial charge in [-0.15, -0.1) is 0 Å². The lowest BCUT2D eigenvalue weighted by molar-refractivity contribution is 0.192. The van der Waals surface area contributed by atoms with Crippen LogP contribution in [0.1, 0.15) is 39.0 Å². The second-order valence-electron chi connectivity index (χ2n) is 4.69. The summed E-state index contributed by atoms with van der Waals surface area (Å²) in [6, 6.07) is 0. The average Bonchev–Trinajstić information content (AvgIpc) is 2.18. The van der Waals surface area contributed by atoms with Crippen LogP contribution in [-0.4, -0.2) is 26.8 Å². The Bertz CT molecular complexity index is 138. The van der Waals surface area contributed by atoms with Crippen LogP contribution in [-0.2, 0) is 4.74 Å². The van der Waals surface area contributed by atoms with Gasteiger partial charge in [-0.3, -0.25) is 0 Å². The molecule has 1 N–H and O–H groups in total. The summed E-state index contributed by atoms with van der Waals surface area (Å²) in [5, 5.41) is 3.53. The molecule has 0 bridgehead atoms. The van der Waals surface area contributed by atoms with Gasteiger partial charge in [-0.1, -0.05) is 19.8 Å². The van der Waals surface area contributed by atoms with Crippen LogP contribution in [0.5, 0.6) is 0 Å². The summed E-state index contributed by atoms with van der Waals surface area (Å²) in [4.78, 5) is 0. The first-order chi connectivity index (χ1) is 6.83. The fourth-order valence-electron chi connectivity index (χ4n) is 2.39. The highest BCUT2D eigenvalue weighted by Gasteiger charge is 2.17. The number of nitrogens with one attached hydrogen (secondary N) is 1. The maximum atomic E-state index is 5.01. The summed E-state index contributed by atoms with van der Waals surface area (Å²) in [5.41, 5.74) is 0. The minimum Gasteiger partial charge on any atom is -0.385 e. The highest BCUT2D eigenvalue weighted by atomic mass is 16.5. The predicted molar refractivity (Wildman–Crippen MR) is 60.5 cm³/mol. The van der Waals surface area contributed by atoms with Crippen LogP contribution in [0.25, 0.3) is 0 Å². The molecule has 0 aromatic carbocycles. The first-order valence-corrected chi connectivity index (χ1v) is 6.02. The van der Waals surface area contributed by atoms with Gasteiger partial charge in [0.25, 0.3) is 0 Å². The van der Waals surface area contributed by atoms with Crippen LogP contribution in [0.15, 0.2) is 0 Å². The summed E-state index contributed by atoms with van der Waals surface area (Å²) in [6.45, 7) is 5.60. The van der Waals surface area contributed by atoms with Crippen molar-refractivity contribution in [2.75, 3.05) is 26.8 Å². The number of hydrogen-bond acceptors (Lipinski definition) is 2. The summed E-state index contributed by atoms with van der Waals surface area (Å²) >= 11 is 0. The van der Waals surface area contributed by atoms with Gasteiger partial charge >= 0.3 is 0 Å². The van der Waals surface area contributed by atoms with Crippen molar-refractivity contribution in [2.45, 2.75) is 39.0 Å². The maximum Gasteiger partial charge on any atom is 0.0474 e. The molecule has 1 rings (SSSR count). The molecule has 0 saturated heterocycles. The molecule has 2 nitrogen and oxygen atoms in total. The van der Waals surface area contributed by atoms with E-state index in [0.29, 0.717) is 0 Å². The molecule has 0 aromatic rings. The lowest BCUT2D eigenvalue weighted by Gasteiger charge is -2.26. The van der Waals surface area contributed by atoms with E-state index in [1.54, 1.807) is 7.11 Å². The van der Waals surface area contributed by atoms with Crippen molar-refractivity contribution < 1.29 is 4.74 Å².